The summed E-state index contributed by atoms with van der Waals surface area (Å²) in [7, 11) is 3.20. The van der Waals surface area contributed by atoms with Crippen molar-refractivity contribution in [2.45, 2.75) is 6.92 Å². The van der Waals surface area contributed by atoms with Crippen LogP contribution in [0, 0.1) is 0 Å². The van der Waals surface area contributed by atoms with Crippen LogP contribution in [-0.2, 0) is 4.74 Å². The molecular formula is C20H19N3O4. The van der Waals surface area contributed by atoms with Crippen LogP contribution in [0.15, 0.2) is 48.5 Å². The molecule has 2 aromatic carbocycles. The van der Waals surface area contributed by atoms with Gasteiger partial charge < -0.3 is 14.2 Å². The number of hydrogen-bond donors (Lipinski definition) is 0. The molecule has 0 aliphatic heterocycles. The van der Waals surface area contributed by atoms with Gasteiger partial charge in [-0.2, -0.15) is 0 Å². The standard InChI is InChI=1S/C20H19N3O4/c1-4-27-20(24)19-21-17(13-5-9-15(25-2)10-6-13)18(22-23-19)14-7-11-16(26-3)12-8-14/h5-12H,4H2,1-3H3. The minimum Gasteiger partial charge on any atom is -0.497 e. The Labute approximate surface area is 156 Å². The van der Waals surface area contributed by atoms with Gasteiger partial charge in [-0.05, 0) is 55.5 Å². The first-order chi connectivity index (χ1) is 13.2. The monoisotopic (exact) mass is 365 g/mol. The molecule has 0 fully saturated rings. The molecule has 0 saturated heterocycles. The molecule has 0 unspecified atom stereocenters. The van der Waals surface area contributed by atoms with Crippen LogP contribution >= 0.6 is 0 Å². The van der Waals surface area contributed by atoms with Gasteiger partial charge in [0, 0.05) is 11.1 Å². The van der Waals surface area contributed by atoms with Crippen molar-refractivity contribution < 1.29 is 19.0 Å². The van der Waals surface area contributed by atoms with Crippen molar-refractivity contribution in [1.82, 2.24) is 15.2 Å². The number of aromatic nitrogens is 3. The van der Waals surface area contributed by atoms with Gasteiger partial charge in [0.2, 0.25) is 0 Å². The molecule has 0 spiro atoms. The average Bonchev–Trinajstić information content (AvgIpc) is 2.73. The summed E-state index contributed by atoms with van der Waals surface area (Å²) in [5, 5.41) is 8.19. The number of ether oxygens (including phenoxy) is 3. The highest BCUT2D eigenvalue weighted by Crippen LogP contribution is 2.30. The van der Waals surface area contributed by atoms with E-state index in [9.17, 15) is 4.79 Å². The number of methoxy groups -OCH3 is 2. The van der Waals surface area contributed by atoms with Gasteiger partial charge in [0.25, 0.3) is 5.82 Å². The van der Waals surface area contributed by atoms with Crippen molar-refractivity contribution in [3.8, 4) is 34.0 Å². The fourth-order valence-electron chi connectivity index (χ4n) is 2.50. The van der Waals surface area contributed by atoms with E-state index in [-0.39, 0.29) is 12.4 Å². The molecule has 0 radical (unpaired) electrons. The maximum atomic E-state index is 12.0. The number of esters is 1. The Morgan fingerprint density at radius 3 is 1.81 bits per heavy atom. The molecule has 0 N–H and O–H groups in total. The van der Waals surface area contributed by atoms with Crippen molar-refractivity contribution >= 4 is 5.97 Å². The smallest absolute Gasteiger partial charge is 0.378 e. The predicted molar refractivity (Wildman–Crippen MR) is 99.8 cm³/mol. The highest BCUT2D eigenvalue weighted by molar-refractivity contribution is 5.87. The Bertz CT molecular complexity index is 925. The van der Waals surface area contributed by atoms with Crippen LogP contribution in [0.2, 0.25) is 0 Å². The van der Waals surface area contributed by atoms with E-state index in [2.05, 4.69) is 15.2 Å². The summed E-state index contributed by atoms with van der Waals surface area (Å²) in [6.07, 6.45) is 0. The van der Waals surface area contributed by atoms with Crippen molar-refractivity contribution in [3.05, 3.63) is 54.4 Å². The lowest BCUT2D eigenvalue weighted by Gasteiger charge is -2.10. The predicted octanol–water partition coefficient (Wildman–Crippen LogP) is 3.40. The summed E-state index contributed by atoms with van der Waals surface area (Å²) in [4.78, 5) is 16.5. The van der Waals surface area contributed by atoms with Crippen LogP contribution in [0.1, 0.15) is 17.5 Å². The van der Waals surface area contributed by atoms with Crippen LogP contribution < -0.4 is 9.47 Å². The summed E-state index contributed by atoms with van der Waals surface area (Å²) in [5.74, 6) is 0.757. The molecule has 7 heteroatoms. The molecule has 3 rings (SSSR count). The molecule has 0 aliphatic carbocycles. The van der Waals surface area contributed by atoms with E-state index in [0.29, 0.717) is 11.4 Å². The van der Waals surface area contributed by atoms with Gasteiger partial charge in [0.15, 0.2) is 0 Å². The number of benzene rings is 2. The third-order valence-electron chi connectivity index (χ3n) is 3.87. The Balaban J connectivity index is 2.11. The molecule has 0 bridgehead atoms. The van der Waals surface area contributed by atoms with E-state index in [4.69, 9.17) is 14.2 Å². The van der Waals surface area contributed by atoms with Crippen molar-refractivity contribution in [2.24, 2.45) is 0 Å². The second-order valence-electron chi connectivity index (χ2n) is 5.51. The topological polar surface area (TPSA) is 83.4 Å². The first kappa shape index (κ1) is 18.3. The van der Waals surface area contributed by atoms with E-state index in [1.807, 2.05) is 48.5 Å². The highest BCUT2D eigenvalue weighted by Gasteiger charge is 2.18. The van der Waals surface area contributed by atoms with Gasteiger partial charge in [-0.15, -0.1) is 10.2 Å². The zero-order valence-corrected chi connectivity index (χ0v) is 15.3. The lowest BCUT2D eigenvalue weighted by Crippen LogP contribution is -2.12. The SMILES string of the molecule is CCOC(=O)c1nnc(-c2ccc(OC)cc2)c(-c2ccc(OC)cc2)n1. The van der Waals surface area contributed by atoms with Gasteiger partial charge in [0.1, 0.15) is 22.9 Å². The number of carbonyl (C=O) groups is 1. The van der Waals surface area contributed by atoms with Crippen LogP contribution in [0.5, 0.6) is 11.5 Å². The van der Waals surface area contributed by atoms with Crippen molar-refractivity contribution in [3.63, 3.8) is 0 Å². The molecule has 1 heterocycles. The Kier molecular flexibility index (Phi) is 5.61. The van der Waals surface area contributed by atoms with Crippen LogP contribution in [0.25, 0.3) is 22.5 Å². The van der Waals surface area contributed by atoms with Crippen LogP contribution in [0.3, 0.4) is 0 Å². The lowest BCUT2D eigenvalue weighted by atomic mass is 10.0. The molecule has 0 atom stereocenters. The van der Waals surface area contributed by atoms with Crippen LogP contribution in [-0.4, -0.2) is 42.0 Å². The number of rotatable bonds is 6. The molecule has 3 aromatic rings. The molecule has 0 amide bonds. The zero-order valence-electron chi connectivity index (χ0n) is 15.3. The van der Waals surface area contributed by atoms with E-state index >= 15 is 0 Å². The number of hydrogen-bond acceptors (Lipinski definition) is 7. The van der Waals surface area contributed by atoms with E-state index in [1.165, 1.54) is 0 Å². The van der Waals surface area contributed by atoms with E-state index in [1.54, 1.807) is 21.1 Å². The Morgan fingerprint density at radius 2 is 1.33 bits per heavy atom. The van der Waals surface area contributed by atoms with Crippen molar-refractivity contribution in [1.29, 1.82) is 0 Å². The molecule has 1 aromatic heterocycles. The summed E-state index contributed by atoms with van der Waals surface area (Å²) in [6.45, 7) is 1.96. The van der Waals surface area contributed by atoms with Gasteiger partial charge in [-0.1, -0.05) is 0 Å². The van der Waals surface area contributed by atoms with Crippen LogP contribution in [0.4, 0.5) is 0 Å². The number of carbonyl (C=O) groups excluding carboxylic acids is 1. The Morgan fingerprint density at radius 1 is 0.815 bits per heavy atom. The highest BCUT2D eigenvalue weighted by atomic mass is 16.5. The summed E-state index contributed by atoms with van der Waals surface area (Å²) in [6, 6.07) is 14.7. The van der Waals surface area contributed by atoms with Gasteiger partial charge >= 0.3 is 5.97 Å². The normalized spacial score (nSPS) is 10.3. The zero-order chi connectivity index (χ0) is 19.2. The van der Waals surface area contributed by atoms with Gasteiger partial charge in [-0.25, -0.2) is 9.78 Å². The summed E-state index contributed by atoms with van der Waals surface area (Å²) in [5.41, 5.74) is 2.66. The minimum atomic E-state index is -0.610. The quantitative estimate of drug-likeness (QED) is 0.619. The van der Waals surface area contributed by atoms with E-state index in [0.717, 1.165) is 22.6 Å². The molecule has 0 saturated carbocycles. The molecule has 138 valence electrons. The lowest BCUT2D eigenvalue weighted by molar-refractivity contribution is 0.0510. The second kappa shape index (κ2) is 8.27. The third kappa shape index (κ3) is 4.03. The fraction of sp³-hybridized carbons (Fsp3) is 0.200. The third-order valence-corrected chi connectivity index (χ3v) is 3.87. The maximum absolute atomic E-state index is 12.0. The van der Waals surface area contributed by atoms with Gasteiger partial charge in [0.05, 0.1) is 20.8 Å². The largest absolute Gasteiger partial charge is 0.497 e. The summed E-state index contributed by atoms with van der Waals surface area (Å²) < 4.78 is 15.4. The molecule has 7 nitrogen and oxygen atoms in total. The first-order valence-corrected chi connectivity index (χ1v) is 8.37. The molecule has 0 aliphatic rings. The summed E-state index contributed by atoms with van der Waals surface area (Å²) >= 11 is 0. The molecule has 27 heavy (non-hydrogen) atoms. The number of nitrogens with zero attached hydrogens (tertiary/aromatic N) is 3. The van der Waals surface area contributed by atoms with Gasteiger partial charge in [-0.3, -0.25) is 0 Å². The molecular weight excluding hydrogens is 346 g/mol. The Hall–Kier alpha value is -3.48. The minimum absolute atomic E-state index is 0.0834. The first-order valence-electron chi connectivity index (χ1n) is 8.37. The van der Waals surface area contributed by atoms with E-state index < -0.39 is 5.97 Å². The fourth-order valence-corrected chi connectivity index (χ4v) is 2.50. The second-order valence-corrected chi connectivity index (χ2v) is 5.51. The van der Waals surface area contributed by atoms with Crippen molar-refractivity contribution in [2.75, 3.05) is 20.8 Å². The maximum Gasteiger partial charge on any atom is 0.378 e. The average molecular weight is 365 g/mol.